The van der Waals surface area contributed by atoms with Gasteiger partial charge in [-0.05, 0) is 83.9 Å². The van der Waals surface area contributed by atoms with E-state index >= 15 is 0 Å². The van der Waals surface area contributed by atoms with E-state index in [1.807, 2.05) is 146 Å². The number of hydrogen-bond acceptors (Lipinski definition) is 4. The Hall–Kier alpha value is -5.06. The minimum absolute atomic E-state index is 0.619. The van der Waals surface area contributed by atoms with Crippen molar-refractivity contribution in [3.63, 3.8) is 0 Å². The van der Waals surface area contributed by atoms with Gasteiger partial charge in [-0.1, -0.05) is 84.6 Å². The van der Waals surface area contributed by atoms with E-state index in [0.29, 0.717) is 32.7 Å². The lowest BCUT2D eigenvalue weighted by molar-refractivity contribution is 0.500. The first kappa shape index (κ1) is 26.6. The summed E-state index contributed by atoms with van der Waals surface area (Å²) in [6, 6.07) is 45.6. The van der Waals surface area contributed by atoms with Gasteiger partial charge in [0.05, 0.1) is 21.2 Å². The molecule has 0 spiro atoms. The van der Waals surface area contributed by atoms with E-state index in [1.54, 1.807) is 0 Å². The molecule has 8 rings (SSSR count). The van der Waals surface area contributed by atoms with Crippen LogP contribution in [0.5, 0.6) is 11.5 Å². The van der Waals surface area contributed by atoms with E-state index < -0.39 is 14.7 Å². The molecule has 0 aliphatic carbocycles. The quantitative estimate of drug-likeness (QED) is 0.150. The zero-order valence-electron chi connectivity index (χ0n) is 23.4. The zero-order chi connectivity index (χ0) is 29.7. The number of para-hydroxylation sites is 2. The third-order valence-electron chi connectivity index (χ3n) is 8.02. The van der Waals surface area contributed by atoms with Crippen LogP contribution in [0.4, 0.5) is 0 Å². The molecule has 2 unspecified atom stereocenters. The molecule has 6 aromatic carbocycles. The molecule has 210 valence electrons. The molecule has 0 N–H and O–H groups in total. The van der Waals surface area contributed by atoms with Gasteiger partial charge in [-0.3, -0.25) is 9.13 Å². The van der Waals surface area contributed by atoms with Crippen molar-refractivity contribution < 1.29 is 18.2 Å². The molecule has 6 heteroatoms. The van der Waals surface area contributed by atoms with Crippen molar-refractivity contribution in [2.24, 2.45) is 0 Å². The third kappa shape index (κ3) is 4.25. The highest BCUT2D eigenvalue weighted by Crippen LogP contribution is 2.54. The maximum atomic E-state index is 14.4. The molecule has 2 aliphatic heterocycles. The minimum Gasteiger partial charge on any atom is -0.436 e. The van der Waals surface area contributed by atoms with Crippen LogP contribution in [-0.2, 0) is 9.13 Å². The summed E-state index contributed by atoms with van der Waals surface area (Å²) in [6.45, 7) is 0. The predicted molar refractivity (Wildman–Crippen MR) is 178 cm³/mol. The maximum absolute atomic E-state index is 14.4. The normalized spacial score (nSPS) is 19.0. The Kier molecular flexibility index (Phi) is 6.21. The number of rotatable bonds is 2. The second-order valence-electron chi connectivity index (χ2n) is 10.7. The van der Waals surface area contributed by atoms with Crippen LogP contribution in [0.3, 0.4) is 0 Å². The van der Waals surface area contributed by atoms with Gasteiger partial charge in [0.2, 0.25) is 0 Å². The Morgan fingerprint density at radius 2 is 0.727 bits per heavy atom. The van der Waals surface area contributed by atoms with E-state index in [0.717, 1.165) is 33.4 Å². The highest BCUT2D eigenvalue weighted by Gasteiger charge is 2.38. The Labute approximate surface area is 255 Å². The zero-order valence-corrected chi connectivity index (χ0v) is 25.2. The van der Waals surface area contributed by atoms with E-state index in [4.69, 9.17) is 9.05 Å². The monoisotopic (exact) mass is 606 g/mol. The summed E-state index contributed by atoms with van der Waals surface area (Å²) in [6.07, 6.45) is 0. The predicted octanol–water partition coefficient (Wildman–Crippen LogP) is 7.66. The van der Waals surface area contributed by atoms with E-state index in [-0.39, 0.29) is 0 Å². The summed E-state index contributed by atoms with van der Waals surface area (Å²) in [5.74, 6) is 7.63. The van der Waals surface area contributed by atoms with Gasteiger partial charge >= 0.3 is 14.7 Å². The number of hydrogen-bond donors (Lipinski definition) is 0. The van der Waals surface area contributed by atoms with Crippen molar-refractivity contribution in [2.75, 3.05) is 0 Å². The van der Waals surface area contributed by atoms with Gasteiger partial charge in [0.1, 0.15) is 11.5 Å². The molecular formula is C38H24O4P2. The van der Waals surface area contributed by atoms with Gasteiger partial charge in [0.25, 0.3) is 0 Å². The Morgan fingerprint density at radius 1 is 0.386 bits per heavy atom. The summed E-state index contributed by atoms with van der Waals surface area (Å²) < 4.78 is 41.1. The average Bonchev–Trinajstić information content (AvgIpc) is 3.08. The first-order valence-corrected chi connectivity index (χ1v) is 17.5. The fourth-order valence-corrected chi connectivity index (χ4v) is 10.3. The van der Waals surface area contributed by atoms with Crippen molar-refractivity contribution in [1.29, 1.82) is 0 Å². The molecule has 4 nitrogen and oxygen atoms in total. The van der Waals surface area contributed by atoms with Crippen LogP contribution in [0.1, 0.15) is 11.1 Å². The van der Waals surface area contributed by atoms with Gasteiger partial charge in [-0.2, -0.15) is 0 Å². The Morgan fingerprint density at radius 3 is 1.14 bits per heavy atom. The van der Waals surface area contributed by atoms with Gasteiger partial charge in [-0.25, -0.2) is 0 Å². The van der Waals surface area contributed by atoms with Crippen LogP contribution in [0.15, 0.2) is 146 Å². The molecular weight excluding hydrogens is 582 g/mol. The molecule has 2 heterocycles. The standard InChI is InChI=1S/C38H24O4P2/c39-43(37-15-7-3-11-33(37)31-9-1-5-13-35(31)41-43)29-23-19-27(20-24-29)17-18-28-21-25-30(26-22-28)44(40)38-16-8-4-12-34(38)32-10-2-6-14-36(32)42-44/h1-16,19-26H. The molecule has 2 aliphatic rings. The van der Waals surface area contributed by atoms with Crippen molar-refractivity contribution in [3.8, 4) is 45.6 Å². The number of benzene rings is 6. The Balaban J connectivity index is 1.07. The molecule has 2 atom stereocenters. The molecule has 44 heavy (non-hydrogen) atoms. The van der Waals surface area contributed by atoms with Crippen LogP contribution >= 0.6 is 14.7 Å². The molecule has 0 bridgehead atoms. The van der Waals surface area contributed by atoms with Gasteiger partial charge < -0.3 is 9.05 Å². The first-order chi connectivity index (χ1) is 21.5. The summed E-state index contributed by atoms with van der Waals surface area (Å²) in [5, 5.41) is 2.64. The first-order valence-electron chi connectivity index (χ1n) is 14.2. The van der Waals surface area contributed by atoms with Crippen LogP contribution in [-0.4, -0.2) is 0 Å². The topological polar surface area (TPSA) is 52.6 Å². The molecule has 0 saturated heterocycles. The van der Waals surface area contributed by atoms with E-state index in [9.17, 15) is 9.13 Å². The van der Waals surface area contributed by atoms with Crippen LogP contribution in [0.2, 0.25) is 0 Å². The van der Waals surface area contributed by atoms with Gasteiger partial charge in [-0.15, -0.1) is 0 Å². The van der Waals surface area contributed by atoms with Crippen molar-refractivity contribution >= 4 is 36.0 Å². The molecule has 0 fully saturated rings. The largest absolute Gasteiger partial charge is 0.436 e. The molecule has 0 aromatic heterocycles. The second kappa shape index (κ2) is 10.3. The lowest BCUT2D eigenvalue weighted by Crippen LogP contribution is -2.25. The highest BCUT2D eigenvalue weighted by atomic mass is 31.2. The summed E-state index contributed by atoms with van der Waals surface area (Å²) in [4.78, 5) is 0. The lowest BCUT2D eigenvalue weighted by atomic mass is 10.0. The van der Waals surface area contributed by atoms with Crippen molar-refractivity contribution in [2.45, 2.75) is 0 Å². The van der Waals surface area contributed by atoms with Crippen LogP contribution in [0.25, 0.3) is 22.3 Å². The molecule has 0 saturated carbocycles. The van der Waals surface area contributed by atoms with Gasteiger partial charge in [0, 0.05) is 22.3 Å². The molecule has 6 aromatic rings. The fourth-order valence-electron chi connectivity index (χ4n) is 5.84. The van der Waals surface area contributed by atoms with Crippen LogP contribution in [0, 0.1) is 11.8 Å². The fraction of sp³-hybridized carbons (Fsp3) is 0. The average molecular weight is 607 g/mol. The summed E-state index contributed by atoms with van der Waals surface area (Å²) in [5.41, 5.74) is 5.31. The van der Waals surface area contributed by atoms with Gasteiger partial charge in [0.15, 0.2) is 0 Å². The highest BCUT2D eigenvalue weighted by molar-refractivity contribution is 7.75. The Bertz CT molecular complexity index is 2080. The maximum Gasteiger partial charge on any atom is 0.307 e. The van der Waals surface area contributed by atoms with E-state index in [2.05, 4.69) is 11.8 Å². The lowest BCUT2D eigenvalue weighted by Gasteiger charge is -2.28. The van der Waals surface area contributed by atoms with Crippen molar-refractivity contribution in [3.05, 3.63) is 157 Å². The summed E-state index contributed by atoms with van der Waals surface area (Å²) >= 11 is 0. The third-order valence-corrected chi connectivity index (χ3v) is 12.9. The molecule has 0 radical (unpaired) electrons. The molecule has 0 amide bonds. The SMILES string of the molecule is O=P1(c2ccc(C#Cc3ccc(P4(=O)Oc5ccccc5-c5ccccc54)cc3)cc2)Oc2ccccc2-c2ccccc21. The van der Waals surface area contributed by atoms with Crippen LogP contribution < -0.4 is 30.3 Å². The van der Waals surface area contributed by atoms with E-state index in [1.165, 1.54) is 0 Å². The van der Waals surface area contributed by atoms with Crippen molar-refractivity contribution in [1.82, 2.24) is 0 Å². The minimum atomic E-state index is -3.34. The second-order valence-corrected chi connectivity index (χ2v) is 15.2. The number of fused-ring (bicyclic) bond motifs is 6. The smallest absolute Gasteiger partial charge is 0.307 e. The summed E-state index contributed by atoms with van der Waals surface area (Å²) in [7, 11) is -6.68.